The summed E-state index contributed by atoms with van der Waals surface area (Å²) in [5, 5.41) is 4.93. The second-order valence-electron chi connectivity index (χ2n) is 6.98. The molecule has 1 unspecified atom stereocenters. The van der Waals surface area contributed by atoms with E-state index in [1.807, 2.05) is 11.3 Å². The molecule has 1 aromatic rings. The van der Waals surface area contributed by atoms with Crippen molar-refractivity contribution in [1.82, 2.24) is 10.3 Å². The molecule has 1 aliphatic carbocycles. The first-order valence-corrected chi connectivity index (χ1v) is 8.40. The van der Waals surface area contributed by atoms with Crippen molar-refractivity contribution in [2.45, 2.75) is 71.8 Å². The Morgan fingerprint density at radius 1 is 1.37 bits per heavy atom. The number of aryl methyl sites for hydroxylation is 1. The summed E-state index contributed by atoms with van der Waals surface area (Å²) in [5.74, 6) is 0.993. The molecule has 1 N–H and O–H groups in total. The highest BCUT2D eigenvalue weighted by atomic mass is 32.1. The molecule has 0 aromatic carbocycles. The van der Waals surface area contributed by atoms with Gasteiger partial charge in [-0.25, -0.2) is 4.98 Å². The average Bonchev–Trinajstić information content (AvgIpc) is 2.63. The van der Waals surface area contributed by atoms with E-state index in [-0.39, 0.29) is 5.41 Å². The summed E-state index contributed by atoms with van der Waals surface area (Å²) in [5.41, 5.74) is 1.37. The van der Waals surface area contributed by atoms with Gasteiger partial charge in [0.25, 0.3) is 0 Å². The molecule has 1 aromatic heterocycles. The van der Waals surface area contributed by atoms with Crippen molar-refractivity contribution >= 4 is 11.3 Å². The van der Waals surface area contributed by atoms with Crippen molar-refractivity contribution in [1.29, 1.82) is 0 Å². The summed E-state index contributed by atoms with van der Waals surface area (Å²) >= 11 is 1.88. The van der Waals surface area contributed by atoms with Gasteiger partial charge in [0.1, 0.15) is 0 Å². The molecule has 2 nitrogen and oxygen atoms in total. The molecule has 0 radical (unpaired) electrons. The van der Waals surface area contributed by atoms with Crippen molar-refractivity contribution in [3.63, 3.8) is 0 Å². The van der Waals surface area contributed by atoms with Gasteiger partial charge < -0.3 is 5.32 Å². The van der Waals surface area contributed by atoms with E-state index in [1.54, 1.807) is 0 Å². The fraction of sp³-hybridized carbons (Fsp3) is 0.812. The second-order valence-corrected chi connectivity index (χ2v) is 8.01. The fourth-order valence-corrected chi connectivity index (χ4v) is 3.66. The van der Waals surface area contributed by atoms with E-state index >= 15 is 0 Å². The molecule has 19 heavy (non-hydrogen) atoms. The smallest absolute Gasteiger partial charge is 0.0985 e. The van der Waals surface area contributed by atoms with Gasteiger partial charge in [-0.2, -0.15) is 0 Å². The normalized spacial score (nSPS) is 18.4. The first-order chi connectivity index (χ1) is 8.88. The maximum atomic E-state index is 4.75. The van der Waals surface area contributed by atoms with Gasteiger partial charge in [-0.15, -0.1) is 11.3 Å². The Bertz CT molecular complexity index is 413. The standard InChI is InChI=1S/C16H28N2S/c1-11(17-10-9-13-7-6-8-13)14-12(2)18-15(19-14)16(3,4)5/h11,13,17H,6-10H2,1-5H3. The topological polar surface area (TPSA) is 24.9 Å². The van der Waals surface area contributed by atoms with Gasteiger partial charge in [0.2, 0.25) is 0 Å². The third-order valence-electron chi connectivity index (χ3n) is 4.10. The molecule has 1 atom stereocenters. The molecule has 0 amide bonds. The highest BCUT2D eigenvalue weighted by molar-refractivity contribution is 7.12. The van der Waals surface area contributed by atoms with Crippen molar-refractivity contribution in [2.75, 3.05) is 6.54 Å². The number of hydrogen-bond acceptors (Lipinski definition) is 3. The number of hydrogen-bond donors (Lipinski definition) is 1. The Morgan fingerprint density at radius 3 is 2.53 bits per heavy atom. The van der Waals surface area contributed by atoms with Crippen LogP contribution in [0.1, 0.15) is 75.0 Å². The van der Waals surface area contributed by atoms with E-state index in [1.165, 1.54) is 41.3 Å². The Hall–Kier alpha value is -0.410. The zero-order valence-electron chi connectivity index (χ0n) is 13.0. The summed E-state index contributed by atoms with van der Waals surface area (Å²) in [6, 6.07) is 0.439. The molecule has 0 saturated heterocycles. The Labute approximate surface area is 122 Å². The van der Waals surface area contributed by atoms with Gasteiger partial charge in [0, 0.05) is 16.3 Å². The molecule has 0 bridgehead atoms. The van der Waals surface area contributed by atoms with Crippen LogP contribution in [0.25, 0.3) is 0 Å². The van der Waals surface area contributed by atoms with Crippen LogP contribution < -0.4 is 5.32 Å². The number of nitrogens with zero attached hydrogens (tertiary/aromatic N) is 1. The largest absolute Gasteiger partial charge is 0.309 e. The van der Waals surface area contributed by atoms with E-state index < -0.39 is 0 Å². The molecule has 3 heteroatoms. The van der Waals surface area contributed by atoms with E-state index in [0.29, 0.717) is 6.04 Å². The molecule has 1 aliphatic rings. The zero-order chi connectivity index (χ0) is 14.0. The summed E-state index contributed by atoms with van der Waals surface area (Å²) in [4.78, 5) is 6.17. The highest BCUT2D eigenvalue weighted by Crippen LogP contribution is 2.33. The molecular weight excluding hydrogens is 252 g/mol. The monoisotopic (exact) mass is 280 g/mol. The third kappa shape index (κ3) is 3.79. The van der Waals surface area contributed by atoms with Crippen LogP contribution in [0.3, 0.4) is 0 Å². The van der Waals surface area contributed by atoms with Crippen molar-refractivity contribution < 1.29 is 0 Å². The number of thiazole rings is 1. The van der Waals surface area contributed by atoms with Gasteiger partial charge >= 0.3 is 0 Å². The lowest BCUT2D eigenvalue weighted by Crippen LogP contribution is -2.23. The van der Waals surface area contributed by atoms with Gasteiger partial charge in [0.05, 0.1) is 10.7 Å². The van der Waals surface area contributed by atoms with Crippen LogP contribution in [0, 0.1) is 12.8 Å². The summed E-state index contributed by atoms with van der Waals surface area (Å²) in [7, 11) is 0. The highest BCUT2D eigenvalue weighted by Gasteiger charge is 2.22. The minimum absolute atomic E-state index is 0.166. The summed E-state index contributed by atoms with van der Waals surface area (Å²) < 4.78 is 0. The van der Waals surface area contributed by atoms with Crippen LogP contribution in [0.4, 0.5) is 0 Å². The van der Waals surface area contributed by atoms with Gasteiger partial charge in [-0.05, 0) is 32.7 Å². The van der Waals surface area contributed by atoms with E-state index in [9.17, 15) is 0 Å². The Balaban J connectivity index is 1.90. The average molecular weight is 280 g/mol. The van der Waals surface area contributed by atoms with E-state index in [2.05, 4.69) is 39.9 Å². The van der Waals surface area contributed by atoms with Crippen LogP contribution in [-0.4, -0.2) is 11.5 Å². The minimum atomic E-state index is 0.166. The predicted octanol–water partition coefficient (Wildman–Crippen LogP) is 4.59. The van der Waals surface area contributed by atoms with Crippen LogP contribution in [0.5, 0.6) is 0 Å². The summed E-state index contributed by atoms with van der Waals surface area (Å²) in [6.45, 7) is 12.3. The maximum Gasteiger partial charge on any atom is 0.0985 e. The van der Waals surface area contributed by atoms with Crippen molar-refractivity contribution in [3.05, 3.63) is 15.6 Å². The molecule has 0 spiro atoms. The molecule has 1 heterocycles. The molecule has 1 fully saturated rings. The molecule has 2 rings (SSSR count). The quantitative estimate of drug-likeness (QED) is 0.853. The number of aromatic nitrogens is 1. The zero-order valence-corrected chi connectivity index (χ0v) is 13.9. The minimum Gasteiger partial charge on any atom is -0.309 e. The van der Waals surface area contributed by atoms with Gasteiger partial charge in [-0.3, -0.25) is 0 Å². The summed E-state index contributed by atoms with van der Waals surface area (Å²) in [6.07, 6.45) is 5.69. The van der Waals surface area contributed by atoms with Crippen molar-refractivity contribution in [3.8, 4) is 0 Å². The fourth-order valence-electron chi connectivity index (χ4n) is 2.51. The predicted molar refractivity (Wildman–Crippen MR) is 83.9 cm³/mol. The third-order valence-corrected chi connectivity index (χ3v) is 5.86. The Morgan fingerprint density at radius 2 is 2.05 bits per heavy atom. The van der Waals surface area contributed by atoms with Crippen LogP contribution >= 0.6 is 11.3 Å². The lowest BCUT2D eigenvalue weighted by atomic mass is 9.83. The van der Waals surface area contributed by atoms with Crippen molar-refractivity contribution in [2.24, 2.45) is 5.92 Å². The molecular formula is C16H28N2S. The maximum absolute atomic E-state index is 4.75. The second kappa shape index (κ2) is 5.92. The Kier molecular flexibility index (Phi) is 4.67. The van der Waals surface area contributed by atoms with E-state index in [4.69, 9.17) is 4.98 Å². The van der Waals surface area contributed by atoms with E-state index in [0.717, 1.165) is 12.5 Å². The molecule has 0 aliphatic heterocycles. The number of rotatable bonds is 5. The van der Waals surface area contributed by atoms with Crippen LogP contribution in [-0.2, 0) is 5.41 Å². The van der Waals surface area contributed by atoms with Gasteiger partial charge in [0.15, 0.2) is 0 Å². The SMILES string of the molecule is Cc1nc(C(C)(C)C)sc1C(C)NCCC1CCC1. The lowest BCUT2D eigenvalue weighted by Gasteiger charge is -2.26. The first kappa shape index (κ1) is 15.0. The van der Waals surface area contributed by atoms with Gasteiger partial charge in [-0.1, -0.05) is 40.0 Å². The lowest BCUT2D eigenvalue weighted by molar-refractivity contribution is 0.289. The first-order valence-electron chi connectivity index (χ1n) is 7.59. The molecule has 108 valence electrons. The number of nitrogens with one attached hydrogen (secondary N) is 1. The van der Waals surface area contributed by atoms with Crippen LogP contribution in [0.15, 0.2) is 0 Å². The van der Waals surface area contributed by atoms with Crippen LogP contribution in [0.2, 0.25) is 0 Å². The molecule has 1 saturated carbocycles.